The molecule has 1 aromatic carbocycles. The van der Waals surface area contributed by atoms with E-state index in [0.717, 1.165) is 11.0 Å². The molecule has 0 aromatic heterocycles. The second-order valence-electron chi connectivity index (χ2n) is 4.03. The highest BCUT2D eigenvalue weighted by atomic mass is 19.3. The predicted molar refractivity (Wildman–Crippen MR) is 51.7 cm³/mol. The Kier molecular flexibility index (Phi) is 3.23. The summed E-state index contributed by atoms with van der Waals surface area (Å²) in [5.74, 6) is -6.60. The molecule has 0 N–H and O–H groups in total. The standard InChI is InChI=1S/C11H8F5NO/c12-7-2-1-6(8(13)9(7)14)11(18)17-3-5(4-17)10(15)16/h1-2,5,10H,3-4H2. The molecule has 0 bridgehead atoms. The maximum absolute atomic E-state index is 13.3. The lowest BCUT2D eigenvalue weighted by Gasteiger charge is -2.38. The molecular weight excluding hydrogens is 257 g/mol. The van der Waals surface area contributed by atoms with Crippen molar-refractivity contribution in [1.82, 2.24) is 4.90 Å². The number of likely N-dealkylation sites (tertiary alicyclic amines) is 1. The molecule has 0 unspecified atom stereocenters. The van der Waals surface area contributed by atoms with Crippen LogP contribution in [0.15, 0.2) is 12.1 Å². The van der Waals surface area contributed by atoms with E-state index < -0.39 is 41.3 Å². The van der Waals surface area contributed by atoms with Crippen LogP contribution >= 0.6 is 0 Å². The second-order valence-corrected chi connectivity index (χ2v) is 4.03. The number of rotatable bonds is 2. The molecule has 1 amide bonds. The van der Waals surface area contributed by atoms with Gasteiger partial charge in [0.25, 0.3) is 5.91 Å². The molecule has 7 heteroatoms. The number of alkyl halides is 2. The third-order valence-corrected chi connectivity index (χ3v) is 2.82. The SMILES string of the molecule is O=C(c1ccc(F)c(F)c1F)N1CC(C(F)F)C1. The molecule has 2 nitrogen and oxygen atoms in total. The van der Waals surface area contributed by atoms with Crippen molar-refractivity contribution in [3.8, 4) is 0 Å². The van der Waals surface area contributed by atoms with Crippen LogP contribution in [0.4, 0.5) is 22.0 Å². The van der Waals surface area contributed by atoms with Crippen molar-refractivity contribution in [2.75, 3.05) is 13.1 Å². The maximum atomic E-state index is 13.3. The first-order valence-electron chi connectivity index (χ1n) is 5.12. The minimum atomic E-state index is -2.55. The van der Waals surface area contributed by atoms with Gasteiger partial charge in [-0.2, -0.15) is 0 Å². The summed E-state index contributed by atoms with van der Waals surface area (Å²) in [6, 6.07) is 1.42. The van der Waals surface area contributed by atoms with Gasteiger partial charge >= 0.3 is 0 Å². The van der Waals surface area contributed by atoms with Crippen molar-refractivity contribution in [2.45, 2.75) is 6.43 Å². The molecule has 1 aromatic rings. The number of hydrogen-bond donors (Lipinski definition) is 0. The number of hydrogen-bond acceptors (Lipinski definition) is 1. The van der Waals surface area contributed by atoms with E-state index in [2.05, 4.69) is 0 Å². The van der Waals surface area contributed by atoms with Crippen LogP contribution in [-0.2, 0) is 0 Å². The van der Waals surface area contributed by atoms with Gasteiger partial charge in [0.05, 0.1) is 11.5 Å². The van der Waals surface area contributed by atoms with Crippen LogP contribution in [0.3, 0.4) is 0 Å². The smallest absolute Gasteiger partial charge is 0.256 e. The summed E-state index contributed by atoms with van der Waals surface area (Å²) in [5, 5.41) is 0. The summed E-state index contributed by atoms with van der Waals surface area (Å²) in [4.78, 5) is 12.6. The van der Waals surface area contributed by atoms with E-state index in [4.69, 9.17) is 0 Å². The van der Waals surface area contributed by atoms with Gasteiger partial charge in [-0.25, -0.2) is 22.0 Å². The molecule has 18 heavy (non-hydrogen) atoms. The molecule has 0 atom stereocenters. The highest BCUT2D eigenvalue weighted by Gasteiger charge is 2.38. The van der Waals surface area contributed by atoms with Crippen LogP contribution in [0, 0.1) is 23.4 Å². The molecule has 0 saturated carbocycles. The van der Waals surface area contributed by atoms with Gasteiger partial charge in [-0.3, -0.25) is 4.79 Å². The molecule has 0 aliphatic carbocycles. The molecule has 1 aliphatic heterocycles. The number of carbonyl (C=O) groups is 1. The van der Waals surface area contributed by atoms with Gasteiger partial charge in [0.1, 0.15) is 0 Å². The number of amides is 1. The summed E-state index contributed by atoms with van der Waals surface area (Å²) in [6.45, 7) is -0.427. The molecule has 1 fully saturated rings. The Labute approximate surface area is 99.0 Å². The third-order valence-electron chi connectivity index (χ3n) is 2.82. The minimum absolute atomic E-state index is 0.213. The molecule has 98 valence electrons. The average Bonchev–Trinajstić information content (AvgIpc) is 2.23. The van der Waals surface area contributed by atoms with Crippen molar-refractivity contribution >= 4 is 5.91 Å². The molecule has 1 aliphatic rings. The third kappa shape index (κ3) is 2.04. The Balaban J connectivity index is 2.14. The summed E-state index contributed by atoms with van der Waals surface area (Å²) < 4.78 is 63.2. The molecule has 1 saturated heterocycles. The summed E-state index contributed by atoms with van der Waals surface area (Å²) >= 11 is 0. The zero-order valence-corrected chi connectivity index (χ0v) is 8.97. The molecular formula is C11H8F5NO. The van der Waals surface area contributed by atoms with Crippen LogP contribution < -0.4 is 0 Å². The van der Waals surface area contributed by atoms with Crippen LogP contribution in [0.5, 0.6) is 0 Å². The van der Waals surface area contributed by atoms with E-state index in [1.165, 1.54) is 0 Å². The van der Waals surface area contributed by atoms with Crippen molar-refractivity contribution in [3.63, 3.8) is 0 Å². The van der Waals surface area contributed by atoms with E-state index >= 15 is 0 Å². The largest absolute Gasteiger partial charge is 0.337 e. The van der Waals surface area contributed by atoms with Crippen molar-refractivity contribution in [3.05, 3.63) is 35.1 Å². The molecule has 0 spiro atoms. The Morgan fingerprint density at radius 3 is 2.33 bits per heavy atom. The van der Waals surface area contributed by atoms with Gasteiger partial charge in [0, 0.05) is 13.1 Å². The number of nitrogens with zero attached hydrogens (tertiary/aromatic N) is 1. The topological polar surface area (TPSA) is 20.3 Å². The van der Waals surface area contributed by atoms with E-state index in [9.17, 15) is 26.7 Å². The zero-order chi connectivity index (χ0) is 13.4. The molecule has 0 radical (unpaired) electrons. The van der Waals surface area contributed by atoms with Gasteiger partial charge in [-0.1, -0.05) is 0 Å². The zero-order valence-electron chi connectivity index (χ0n) is 8.97. The monoisotopic (exact) mass is 265 g/mol. The Bertz CT molecular complexity index is 485. The predicted octanol–water partition coefficient (Wildman–Crippen LogP) is 2.44. The number of benzene rings is 1. The first-order chi connectivity index (χ1) is 8.41. The lowest BCUT2D eigenvalue weighted by molar-refractivity contribution is -0.0154. The van der Waals surface area contributed by atoms with Crippen LogP contribution in [0.25, 0.3) is 0 Å². The minimum Gasteiger partial charge on any atom is -0.337 e. The fourth-order valence-electron chi connectivity index (χ4n) is 1.70. The Hall–Kier alpha value is -1.66. The van der Waals surface area contributed by atoms with Crippen LogP contribution in [0.2, 0.25) is 0 Å². The number of carbonyl (C=O) groups excluding carboxylic acids is 1. The lowest BCUT2D eigenvalue weighted by atomic mass is 9.99. The Morgan fingerprint density at radius 2 is 1.78 bits per heavy atom. The van der Waals surface area contributed by atoms with E-state index in [0.29, 0.717) is 6.07 Å². The van der Waals surface area contributed by atoms with Crippen LogP contribution in [0.1, 0.15) is 10.4 Å². The fraction of sp³-hybridized carbons (Fsp3) is 0.364. The fourth-order valence-corrected chi connectivity index (χ4v) is 1.70. The van der Waals surface area contributed by atoms with Crippen molar-refractivity contribution in [1.29, 1.82) is 0 Å². The van der Waals surface area contributed by atoms with Gasteiger partial charge in [0.2, 0.25) is 6.43 Å². The van der Waals surface area contributed by atoms with Crippen molar-refractivity contribution < 1.29 is 26.7 Å². The average molecular weight is 265 g/mol. The maximum Gasteiger partial charge on any atom is 0.256 e. The number of halogens is 5. The van der Waals surface area contributed by atoms with E-state index in [1.807, 2.05) is 0 Å². The first-order valence-corrected chi connectivity index (χ1v) is 5.12. The normalized spacial score (nSPS) is 16.0. The molecule has 1 heterocycles. The highest BCUT2D eigenvalue weighted by Crippen LogP contribution is 2.25. The van der Waals surface area contributed by atoms with E-state index in [1.54, 1.807) is 0 Å². The van der Waals surface area contributed by atoms with Gasteiger partial charge in [0.15, 0.2) is 17.5 Å². The van der Waals surface area contributed by atoms with Crippen LogP contribution in [-0.4, -0.2) is 30.3 Å². The summed E-state index contributed by atoms with van der Waals surface area (Å²) in [5.41, 5.74) is -0.651. The van der Waals surface area contributed by atoms with Gasteiger partial charge in [-0.05, 0) is 12.1 Å². The lowest BCUT2D eigenvalue weighted by Crippen LogP contribution is -2.52. The molecule has 2 rings (SSSR count). The van der Waals surface area contributed by atoms with E-state index in [-0.39, 0.29) is 13.1 Å². The highest BCUT2D eigenvalue weighted by molar-refractivity contribution is 5.95. The van der Waals surface area contributed by atoms with Gasteiger partial charge < -0.3 is 4.90 Å². The van der Waals surface area contributed by atoms with Crippen molar-refractivity contribution in [2.24, 2.45) is 5.92 Å². The second kappa shape index (κ2) is 4.55. The van der Waals surface area contributed by atoms with Gasteiger partial charge in [-0.15, -0.1) is 0 Å². The Morgan fingerprint density at radius 1 is 1.17 bits per heavy atom. The summed E-state index contributed by atoms with van der Waals surface area (Å²) in [6.07, 6.45) is -2.55. The quantitative estimate of drug-likeness (QED) is 0.594. The first kappa shape index (κ1) is 12.8. The summed E-state index contributed by atoms with van der Waals surface area (Å²) in [7, 11) is 0.